The molecule has 1 fully saturated rings. The molecule has 1 saturated heterocycles. The summed E-state index contributed by atoms with van der Waals surface area (Å²) >= 11 is 0. The summed E-state index contributed by atoms with van der Waals surface area (Å²) in [5.41, 5.74) is -0.703. The highest BCUT2D eigenvalue weighted by atomic mass is 19.4. The summed E-state index contributed by atoms with van der Waals surface area (Å²) in [5, 5.41) is 5.83. The van der Waals surface area contributed by atoms with E-state index in [9.17, 15) is 13.2 Å². The molecule has 21 heavy (non-hydrogen) atoms. The van der Waals surface area contributed by atoms with Crippen molar-refractivity contribution in [1.29, 1.82) is 0 Å². The van der Waals surface area contributed by atoms with E-state index in [-0.39, 0.29) is 17.7 Å². The number of nitrogens with zero attached hydrogens (tertiary/aromatic N) is 1. The van der Waals surface area contributed by atoms with Gasteiger partial charge in [0.2, 0.25) is 0 Å². The van der Waals surface area contributed by atoms with E-state index >= 15 is 0 Å². The number of halogens is 3. The SMILES string of the molecule is CCCNc1cc(C(F)(F)F)cc(NCC2CCCO2)n1. The monoisotopic (exact) mass is 303 g/mol. The molecule has 1 aromatic heterocycles. The third kappa shape index (κ3) is 4.77. The van der Waals surface area contributed by atoms with E-state index in [0.717, 1.165) is 31.4 Å². The Labute approximate surface area is 122 Å². The first-order valence-electron chi connectivity index (χ1n) is 7.17. The lowest BCUT2D eigenvalue weighted by atomic mass is 10.2. The third-order valence-electron chi connectivity index (χ3n) is 3.24. The fourth-order valence-electron chi connectivity index (χ4n) is 2.15. The van der Waals surface area contributed by atoms with E-state index < -0.39 is 11.7 Å². The number of ether oxygens (including phenoxy) is 1. The second kappa shape index (κ2) is 6.98. The standard InChI is InChI=1S/C14H20F3N3O/c1-2-5-18-12-7-10(14(15,16)17)8-13(20-12)19-9-11-4-3-6-21-11/h7-8,11H,2-6,9H2,1H3,(H2,18,19,20). The molecule has 2 N–H and O–H groups in total. The number of hydrogen-bond acceptors (Lipinski definition) is 4. The Morgan fingerprint density at radius 1 is 1.29 bits per heavy atom. The number of alkyl halides is 3. The largest absolute Gasteiger partial charge is 0.416 e. The van der Waals surface area contributed by atoms with Crippen LogP contribution in [-0.4, -0.2) is 30.8 Å². The molecule has 0 aliphatic carbocycles. The first-order chi connectivity index (χ1) is 9.99. The Morgan fingerprint density at radius 3 is 2.57 bits per heavy atom. The van der Waals surface area contributed by atoms with Crippen LogP contribution in [0.1, 0.15) is 31.7 Å². The van der Waals surface area contributed by atoms with Crippen molar-refractivity contribution in [3.05, 3.63) is 17.7 Å². The molecule has 1 atom stereocenters. The zero-order valence-corrected chi connectivity index (χ0v) is 12.0. The molecule has 1 aromatic rings. The van der Waals surface area contributed by atoms with E-state index in [2.05, 4.69) is 15.6 Å². The summed E-state index contributed by atoms with van der Waals surface area (Å²) in [6.45, 7) is 3.71. The molecule has 1 aliphatic heterocycles. The first kappa shape index (κ1) is 15.9. The molecule has 0 radical (unpaired) electrons. The van der Waals surface area contributed by atoms with Crippen LogP contribution in [0.3, 0.4) is 0 Å². The maximum atomic E-state index is 12.9. The van der Waals surface area contributed by atoms with Crippen molar-refractivity contribution < 1.29 is 17.9 Å². The second-order valence-electron chi connectivity index (χ2n) is 5.07. The average Bonchev–Trinajstić information content (AvgIpc) is 2.95. The molecular formula is C14H20F3N3O. The summed E-state index contributed by atoms with van der Waals surface area (Å²) in [4.78, 5) is 4.17. The topological polar surface area (TPSA) is 46.2 Å². The molecule has 0 saturated carbocycles. The molecule has 0 amide bonds. The lowest BCUT2D eigenvalue weighted by molar-refractivity contribution is -0.137. The van der Waals surface area contributed by atoms with Crippen molar-refractivity contribution >= 4 is 11.6 Å². The summed E-state index contributed by atoms with van der Waals surface area (Å²) in [7, 11) is 0. The molecule has 2 heterocycles. The van der Waals surface area contributed by atoms with Gasteiger partial charge in [0.05, 0.1) is 11.7 Å². The Hall–Kier alpha value is -1.50. The van der Waals surface area contributed by atoms with Crippen LogP contribution in [0.2, 0.25) is 0 Å². The van der Waals surface area contributed by atoms with Gasteiger partial charge in [-0.2, -0.15) is 13.2 Å². The van der Waals surface area contributed by atoms with Crippen molar-refractivity contribution in [2.24, 2.45) is 0 Å². The van der Waals surface area contributed by atoms with Crippen molar-refractivity contribution in [3.8, 4) is 0 Å². The van der Waals surface area contributed by atoms with Gasteiger partial charge in [-0.05, 0) is 31.4 Å². The van der Waals surface area contributed by atoms with Crippen LogP contribution in [-0.2, 0) is 10.9 Å². The fourth-order valence-corrected chi connectivity index (χ4v) is 2.15. The summed E-state index contributed by atoms with van der Waals surface area (Å²) < 4.78 is 44.1. The van der Waals surface area contributed by atoms with Crippen molar-refractivity contribution in [2.45, 2.75) is 38.5 Å². The summed E-state index contributed by atoms with van der Waals surface area (Å²) in [6.07, 6.45) is -1.60. The van der Waals surface area contributed by atoms with Crippen LogP contribution in [0.5, 0.6) is 0 Å². The minimum atomic E-state index is -4.38. The van der Waals surface area contributed by atoms with Crippen molar-refractivity contribution in [3.63, 3.8) is 0 Å². The van der Waals surface area contributed by atoms with Gasteiger partial charge >= 0.3 is 6.18 Å². The maximum absolute atomic E-state index is 12.9. The number of nitrogens with one attached hydrogen (secondary N) is 2. The zero-order valence-electron chi connectivity index (χ0n) is 12.0. The van der Waals surface area contributed by atoms with E-state index in [1.807, 2.05) is 6.92 Å². The number of pyridine rings is 1. The number of rotatable bonds is 6. The van der Waals surface area contributed by atoms with Gasteiger partial charge in [-0.1, -0.05) is 6.92 Å². The second-order valence-corrected chi connectivity index (χ2v) is 5.07. The van der Waals surface area contributed by atoms with Crippen molar-refractivity contribution in [2.75, 3.05) is 30.3 Å². The predicted molar refractivity (Wildman–Crippen MR) is 75.5 cm³/mol. The van der Waals surface area contributed by atoms with Crippen LogP contribution < -0.4 is 10.6 Å². The maximum Gasteiger partial charge on any atom is 0.416 e. The van der Waals surface area contributed by atoms with Gasteiger partial charge in [0.1, 0.15) is 11.6 Å². The highest BCUT2D eigenvalue weighted by Crippen LogP contribution is 2.32. The van der Waals surface area contributed by atoms with E-state index in [0.29, 0.717) is 19.7 Å². The Morgan fingerprint density at radius 2 is 2.00 bits per heavy atom. The Balaban J connectivity index is 2.09. The molecule has 0 aromatic carbocycles. The molecular weight excluding hydrogens is 283 g/mol. The highest BCUT2D eigenvalue weighted by molar-refractivity contribution is 5.49. The van der Waals surface area contributed by atoms with Crippen LogP contribution in [0, 0.1) is 0 Å². The molecule has 118 valence electrons. The summed E-state index contributed by atoms with van der Waals surface area (Å²) in [5.74, 6) is 0.459. The van der Waals surface area contributed by atoms with Gasteiger partial charge in [0.15, 0.2) is 0 Å². The van der Waals surface area contributed by atoms with Gasteiger partial charge < -0.3 is 15.4 Å². The minimum absolute atomic E-state index is 0.0494. The van der Waals surface area contributed by atoms with Crippen LogP contribution >= 0.6 is 0 Å². The van der Waals surface area contributed by atoms with Gasteiger partial charge in [-0.3, -0.25) is 0 Å². The van der Waals surface area contributed by atoms with Crippen molar-refractivity contribution in [1.82, 2.24) is 4.98 Å². The van der Waals surface area contributed by atoms with Gasteiger partial charge in [-0.15, -0.1) is 0 Å². The highest BCUT2D eigenvalue weighted by Gasteiger charge is 2.31. The summed E-state index contributed by atoms with van der Waals surface area (Å²) in [6, 6.07) is 2.07. The lowest BCUT2D eigenvalue weighted by Gasteiger charge is -2.15. The van der Waals surface area contributed by atoms with Crippen LogP contribution in [0.25, 0.3) is 0 Å². The fraction of sp³-hybridized carbons (Fsp3) is 0.643. The number of anilines is 2. The normalized spacial score (nSPS) is 18.8. The number of aromatic nitrogens is 1. The molecule has 1 aliphatic rings. The smallest absolute Gasteiger partial charge is 0.376 e. The quantitative estimate of drug-likeness (QED) is 0.844. The van der Waals surface area contributed by atoms with E-state index in [1.165, 1.54) is 0 Å². The Bertz CT molecular complexity index is 459. The average molecular weight is 303 g/mol. The molecule has 1 unspecified atom stereocenters. The van der Waals surface area contributed by atoms with Gasteiger partial charge in [-0.25, -0.2) is 4.98 Å². The molecule has 4 nitrogen and oxygen atoms in total. The number of hydrogen-bond donors (Lipinski definition) is 2. The van der Waals surface area contributed by atoms with E-state index in [4.69, 9.17) is 4.74 Å². The minimum Gasteiger partial charge on any atom is -0.376 e. The first-order valence-corrected chi connectivity index (χ1v) is 7.17. The molecule has 7 heteroatoms. The Kier molecular flexibility index (Phi) is 5.27. The molecule has 2 rings (SSSR count). The third-order valence-corrected chi connectivity index (χ3v) is 3.24. The predicted octanol–water partition coefficient (Wildman–Crippen LogP) is 3.51. The van der Waals surface area contributed by atoms with Gasteiger partial charge in [0, 0.05) is 19.7 Å². The zero-order chi connectivity index (χ0) is 15.3. The molecule has 0 spiro atoms. The molecule has 0 bridgehead atoms. The van der Waals surface area contributed by atoms with Gasteiger partial charge in [0.25, 0.3) is 0 Å². The van der Waals surface area contributed by atoms with E-state index in [1.54, 1.807) is 0 Å². The van der Waals surface area contributed by atoms with Crippen LogP contribution in [0.4, 0.5) is 24.8 Å². The van der Waals surface area contributed by atoms with Crippen LogP contribution in [0.15, 0.2) is 12.1 Å². The lowest BCUT2D eigenvalue weighted by Crippen LogP contribution is -2.20.